The van der Waals surface area contributed by atoms with Crippen LogP contribution in [0.4, 0.5) is 5.69 Å². The van der Waals surface area contributed by atoms with Gasteiger partial charge in [0.25, 0.3) is 0 Å². The number of carbonyl (C=O) groups is 1. The maximum Gasteiger partial charge on any atom is 0.235 e. The van der Waals surface area contributed by atoms with Crippen LogP contribution in [0.1, 0.15) is 38.2 Å². The quantitative estimate of drug-likeness (QED) is 0.462. The Morgan fingerprint density at radius 3 is 2.41 bits per heavy atom. The minimum Gasteiger partial charge on any atom is -0.497 e. The lowest BCUT2D eigenvalue weighted by Gasteiger charge is -2.36. The second-order valence-electron chi connectivity index (χ2n) is 8.24. The van der Waals surface area contributed by atoms with E-state index in [2.05, 4.69) is 12.2 Å². The third-order valence-electron chi connectivity index (χ3n) is 6.31. The first-order chi connectivity index (χ1) is 15.7. The highest BCUT2D eigenvalue weighted by atomic mass is 16.5. The number of carbonyl (C=O) groups excluding carboxylic acids is 1. The van der Waals surface area contributed by atoms with Gasteiger partial charge in [0.15, 0.2) is 0 Å². The monoisotopic (exact) mass is 433 g/mol. The number of nitrogens with one attached hydrogen (secondary N) is 1. The highest BCUT2D eigenvalue weighted by molar-refractivity contribution is 6.07. The van der Waals surface area contributed by atoms with Crippen LogP contribution in [0.5, 0.6) is 11.5 Å². The molecule has 1 aliphatic heterocycles. The lowest BCUT2D eigenvalue weighted by molar-refractivity contribution is -0.125. The van der Waals surface area contributed by atoms with Crippen LogP contribution in [0, 0.1) is 0 Å². The molecule has 5 nitrogen and oxygen atoms in total. The highest BCUT2D eigenvalue weighted by Crippen LogP contribution is 2.38. The third kappa shape index (κ3) is 4.44. The van der Waals surface area contributed by atoms with Crippen molar-refractivity contribution < 1.29 is 19.0 Å². The lowest BCUT2D eigenvalue weighted by atomic mass is 9.73. The summed E-state index contributed by atoms with van der Waals surface area (Å²) in [5.74, 6) is 1.62. The van der Waals surface area contributed by atoms with Crippen LogP contribution >= 0.6 is 0 Å². The van der Waals surface area contributed by atoms with Crippen molar-refractivity contribution in [3.63, 3.8) is 0 Å². The zero-order valence-electron chi connectivity index (χ0n) is 18.9. The molecule has 0 spiro atoms. The predicted molar refractivity (Wildman–Crippen MR) is 128 cm³/mol. The molecule has 4 rings (SSSR count). The van der Waals surface area contributed by atoms with Crippen LogP contribution < -0.4 is 14.8 Å². The van der Waals surface area contributed by atoms with Crippen LogP contribution in [0.2, 0.25) is 0 Å². The number of amides is 1. The summed E-state index contributed by atoms with van der Waals surface area (Å²) in [6.45, 7) is 3.95. The smallest absolute Gasteiger partial charge is 0.235 e. The molecule has 1 amide bonds. The predicted octanol–water partition coefficient (Wildman–Crippen LogP) is 5.71. The van der Waals surface area contributed by atoms with E-state index in [0.29, 0.717) is 32.7 Å². The van der Waals surface area contributed by atoms with Crippen LogP contribution in [-0.4, -0.2) is 32.8 Å². The standard InChI is InChI=1S/C27H31NO4/c1-3-4-17-32-25-14-13-24(22-7-5-6-8-23(22)25)28-26(29)27(15-18-31-19-16-27)20-9-11-21(30-2)12-10-20/h5-14H,3-4,15-19H2,1-2H3,(H,28,29). The van der Waals surface area contributed by atoms with E-state index in [1.165, 1.54) is 0 Å². The highest BCUT2D eigenvalue weighted by Gasteiger charge is 2.42. The van der Waals surface area contributed by atoms with E-state index in [0.717, 1.165) is 46.4 Å². The van der Waals surface area contributed by atoms with Gasteiger partial charge in [0, 0.05) is 29.7 Å². The Morgan fingerprint density at radius 2 is 1.72 bits per heavy atom. The second-order valence-corrected chi connectivity index (χ2v) is 8.24. The van der Waals surface area contributed by atoms with Gasteiger partial charge in [-0.15, -0.1) is 0 Å². The minimum atomic E-state index is -0.637. The Labute approximate surface area is 189 Å². The second kappa shape index (κ2) is 10.0. The molecule has 1 saturated heterocycles. The summed E-state index contributed by atoms with van der Waals surface area (Å²) in [5.41, 5.74) is 1.15. The van der Waals surface area contributed by atoms with Crippen molar-refractivity contribution in [3.05, 3.63) is 66.2 Å². The maximum atomic E-state index is 13.8. The lowest BCUT2D eigenvalue weighted by Crippen LogP contribution is -2.44. The van der Waals surface area contributed by atoms with Gasteiger partial charge in [0.2, 0.25) is 5.91 Å². The van der Waals surface area contributed by atoms with E-state index in [9.17, 15) is 4.79 Å². The van der Waals surface area contributed by atoms with Crippen molar-refractivity contribution in [2.24, 2.45) is 0 Å². The van der Waals surface area contributed by atoms with Gasteiger partial charge in [0.05, 0.1) is 19.1 Å². The number of benzene rings is 3. The molecule has 0 bridgehead atoms. The Kier molecular flexibility index (Phi) is 6.96. The molecule has 0 saturated carbocycles. The van der Waals surface area contributed by atoms with Crippen molar-refractivity contribution >= 4 is 22.4 Å². The molecule has 1 heterocycles. The van der Waals surface area contributed by atoms with Gasteiger partial charge in [0.1, 0.15) is 11.5 Å². The summed E-state index contributed by atoms with van der Waals surface area (Å²) in [4.78, 5) is 13.8. The first kappa shape index (κ1) is 22.2. The SMILES string of the molecule is CCCCOc1ccc(NC(=O)C2(c3ccc(OC)cc3)CCOCC2)c2ccccc12. The molecule has 5 heteroatoms. The van der Waals surface area contributed by atoms with Crippen molar-refractivity contribution in [3.8, 4) is 11.5 Å². The summed E-state index contributed by atoms with van der Waals surface area (Å²) in [6.07, 6.45) is 3.38. The summed E-state index contributed by atoms with van der Waals surface area (Å²) in [7, 11) is 1.65. The zero-order chi connectivity index (χ0) is 22.4. The molecule has 0 aromatic heterocycles. The van der Waals surface area contributed by atoms with Crippen LogP contribution in [-0.2, 0) is 14.9 Å². The number of rotatable bonds is 8. The van der Waals surface area contributed by atoms with Gasteiger partial charge in [-0.25, -0.2) is 0 Å². The Hall–Kier alpha value is -3.05. The third-order valence-corrected chi connectivity index (χ3v) is 6.31. The van der Waals surface area contributed by atoms with Gasteiger partial charge < -0.3 is 19.5 Å². The number of hydrogen-bond acceptors (Lipinski definition) is 4. The molecule has 0 aliphatic carbocycles. The van der Waals surface area contributed by atoms with Crippen molar-refractivity contribution in [2.75, 3.05) is 32.2 Å². The molecule has 1 fully saturated rings. The molecular weight excluding hydrogens is 402 g/mol. The van der Waals surface area contributed by atoms with Gasteiger partial charge in [-0.1, -0.05) is 49.7 Å². The Morgan fingerprint density at radius 1 is 1.00 bits per heavy atom. The summed E-state index contributed by atoms with van der Waals surface area (Å²) in [5, 5.41) is 5.22. The van der Waals surface area contributed by atoms with Gasteiger partial charge in [-0.2, -0.15) is 0 Å². The molecular formula is C27H31NO4. The van der Waals surface area contributed by atoms with E-state index in [-0.39, 0.29) is 5.91 Å². The van der Waals surface area contributed by atoms with E-state index in [4.69, 9.17) is 14.2 Å². The molecule has 168 valence electrons. The molecule has 0 atom stereocenters. The van der Waals surface area contributed by atoms with Crippen LogP contribution in [0.3, 0.4) is 0 Å². The molecule has 1 aliphatic rings. The summed E-state index contributed by atoms with van der Waals surface area (Å²) < 4.78 is 16.9. The number of unbranched alkanes of at least 4 members (excludes halogenated alkanes) is 1. The topological polar surface area (TPSA) is 56.8 Å². The number of ether oxygens (including phenoxy) is 3. The molecule has 3 aromatic rings. The number of methoxy groups -OCH3 is 1. The number of fused-ring (bicyclic) bond motifs is 1. The van der Waals surface area contributed by atoms with Crippen molar-refractivity contribution in [1.29, 1.82) is 0 Å². The average molecular weight is 434 g/mol. The molecule has 0 radical (unpaired) electrons. The van der Waals surface area contributed by atoms with Crippen molar-refractivity contribution in [2.45, 2.75) is 38.0 Å². The molecule has 3 aromatic carbocycles. The summed E-state index contributed by atoms with van der Waals surface area (Å²) >= 11 is 0. The summed E-state index contributed by atoms with van der Waals surface area (Å²) in [6, 6.07) is 19.8. The van der Waals surface area contributed by atoms with Crippen LogP contribution in [0.15, 0.2) is 60.7 Å². The molecule has 0 unspecified atom stereocenters. The fraction of sp³-hybridized carbons (Fsp3) is 0.370. The van der Waals surface area contributed by atoms with E-state index in [1.54, 1.807) is 7.11 Å². The van der Waals surface area contributed by atoms with Crippen molar-refractivity contribution in [1.82, 2.24) is 0 Å². The van der Waals surface area contributed by atoms with E-state index < -0.39 is 5.41 Å². The molecule has 1 N–H and O–H groups in total. The maximum absolute atomic E-state index is 13.8. The fourth-order valence-electron chi connectivity index (χ4n) is 4.35. The van der Waals surface area contributed by atoms with Crippen LogP contribution in [0.25, 0.3) is 10.8 Å². The average Bonchev–Trinajstić information content (AvgIpc) is 2.85. The van der Waals surface area contributed by atoms with E-state index >= 15 is 0 Å². The minimum absolute atomic E-state index is 0.00392. The molecule has 32 heavy (non-hydrogen) atoms. The number of anilines is 1. The Bertz CT molecular complexity index is 1050. The number of hydrogen-bond donors (Lipinski definition) is 1. The van der Waals surface area contributed by atoms with Gasteiger partial charge in [-0.3, -0.25) is 4.79 Å². The van der Waals surface area contributed by atoms with Gasteiger partial charge in [-0.05, 0) is 49.1 Å². The normalized spacial score (nSPS) is 15.3. The zero-order valence-corrected chi connectivity index (χ0v) is 18.9. The Balaban J connectivity index is 1.65. The van der Waals surface area contributed by atoms with E-state index in [1.807, 2.05) is 60.7 Å². The largest absolute Gasteiger partial charge is 0.497 e. The van der Waals surface area contributed by atoms with Gasteiger partial charge >= 0.3 is 0 Å². The fourth-order valence-corrected chi connectivity index (χ4v) is 4.35. The first-order valence-electron chi connectivity index (χ1n) is 11.4. The first-order valence-corrected chi connectivity index (χ1v) is 11.4.